The number of ether oxygens (including phenoxy) is 2. The van der Waals surface area contributed by atoms with E-state index in [2.05, 4.69) is 5.32 Å². The van der Waals surface area contributed by atoms with Crippen molar-refractivity contribution in [3.05, 3.63) is 28.8 Å². The Kier molecular flexibility index (Phi) is 6.65. The SMILES string of the molecule is COc1ccc(Cl)cc1CNC(=O)CN1C[C@@H](OC)C[C@H]1CO. The molecule has 1 aromatic carbocycles. The van der Waals surface area contributed by atoms with Crippen LogP contribution in [0.15, 0.2) is 18.2 Å². The van der Waals surface area contributed by atoms with E-state index in [1.807, 2.05) is 4.90 Å². The van der Waals surface area contributed by atoms with Crippen LogP contribution in [0.4, 0.5) is 0 Å². The van der Waals surface area contributed by atoms with Crippen LogP contribution in [0.3, 0.4) is 0 Å². The molecule has 1 aliphatic rings. The van der Waals surface area contributed by atoms with Crippen LogP contribution < -0.4 is 10.1 Å². The van der Waals surface area contributed by atoms with E-state index in [0.717, 1.165) is 12.0 Å². The van der Waals surface area contributed by atoms with Crippen molar-refractivity contribution in [3.8, 4) is 5.75 Å². The number of carbonyl (C=O) groups excluding carboxylic acids is 1. The molecule has 1 heterocycles. The molecule has 7 heteroatoms. The first-order valence-electron chi connectivity index (χ1n) is 7.54. The zero-order valence-corrected chi connectivity index (χ0v) is 14.2. The summed E-state index contributed by atoms with van der Waals surface area (Å²) in [4.78, 5) is 14.1. The number of likely N-dealkylation sites (tertiary alicyclic amines) is 1. The van der Waals surface area contributed by atoms with Crippen LogP contribution in [0.5, 0.6) is 5.75 Å². The maximum Gasteiger partial charge on any atom is 0.234 e. The summed E-state index contributed by atoms with van der Waals surface area (Å²) in [5.41, 5.74) is 0.822. The quantitative estimate of drug-likeness (QED) is 0.775. The highest BCUT2D eigenvalue weighted by Crippen LogP contribution is 2.22. The lowest BCUT2D eigenvalue weighted by molar-refractivity contribution is -0.122. The number of halogens is 1. The van der Waals surface area contributed by atoms with Crippen LogP contribution in [0, 0.1) is 0 Å². The van der Waals surface area contributed by atoms with Gasteiger partial charge in [0, 0.05) is 36.8 Å². The second-order valence-corrected chi connectivity index (χ2v) is 6.03. The Bertz CT molecular complexity index is 541. The third kappa shape index (κ3) is 4.81. The number of carbonyl (C=O) groups is 1. The van der Waals surface area contributed by atoms with Crippen molar-refractivity contribution in [2.24, 2.45) is 0 Å². The van der Waals surface area contributed by atoms with Gasteiger partial charge < -0.3 is 19.9 Å². The number of benzene rings is 1. The van der Waals surface area contributed by atoms with E-state index in [1.165, 1.54) is 0 Å². The van der Waals surface area contributed by atoms with Gasteiger partial charge in [0.15, 0.2) is 0 Å². The number of methoxy groups -OCH3 is 2. The lowest BCUT2D eigenvalue weighted by atomic mass is 10.2. The summed E-state index contributed by atoms with van der Waals surface area (Å²) in [6.45, 7) is 1.24. The first kappa shape index (κ1) is 18.0. The fraction of sp³-hybridized carbons (Fsp3) is 0.562. The molecule has 2 rings (SSSR count). The van der Waals surface area contributed by atoms with Gasteiger partial charge in [-0.15, -0.1) is 0 Å². The maximum absolute atomic E-state index is 12.2. The second-order valence-electron chi connectivity index (χ2n) is 5.59. The molecule has 0 unspecified atom stereocenters. The Balaban J connectivity index is 1.89. The summed E-state index contributed by atoms with van der Waals surface area (Å²) in [6, 6.07) is 5.25. The number of nitrogens with one attached hydrogen (secondary N) is 1. The first-order valence-corrected chi connectivity index (χ1v) is 7.92. The Morgan fingerprint density at radius 2 is 2.26 bits per heavy atom. The number of hydrogen-bond acceptors (Lipinski definition) is 5. The Morgan fingerprint density at radius 3 is 2.91 bits per heavy atom. The number of aliphatic hydroxyl groups is 1. The minimum atomic E-state index is -0.109. The van der Waals surface area contributed by atoms with Gasteiger partial charge in [0.25, 0.3) is 0 Å². The molecule has 0 aliphatic carbocycles. The van der Waals surface area contributed by atoms with Crippen molar-refractivity contribution >= 4 is 17.5 Å². The monoisotopic (exact) mass is 342 g/mol. The van der Waals surface area contributed by atoms with Crippen LogP contribution in [0.25, 0.3) is 0 Å². The van der Waals surface area contributed by atoms with E-state index in [0.29, 0.717) is 23.9 Å². The lowest BCUT2D eigenvalue weighted by Crippen LogP contribution is -2.41. The van der Waals surface area contributed by atoms with Gasteiger partial charge in [0.05, 0.1) is 26.4 Å². The van der Waals surface area contributed by atoms with Crippen molar-refractivity contribution in [2.45, 2.75) is 25.1 Å². The summed E-state index contributed by atoms with van der Waals surface area (Å²) in [5, 5.41) is 12.9. The molecule has 1 amide bonds. The van der Waals surface area contributed by atoms with Crippen molar-refractivity contribution < 1.29 is 19.4 Å². The van der Waals surface area contributed by atoms with E-state index >= 15 is 0 Å². The van der Waals surface area contributed by atoms with Crippen LogP contribution >= 0.6 is 11.6 Å². The summed E-state index contributed by atoms with van der Waals surface area (Å²) in [6.07, 6.45) is 0.801. The van der Waals surface area contributed by atoms with E-state index in [4.69, 9.17) is 21.1 Å². The highest BCUT2D eigenvalue weighted by Gasteiger charge is 2.32. The highest BCUT2D eigenvalue weighted by atomic mass is 35.5. The molecule has 0 aromatic heterocycles. The second kappa shape index (κ2) is 8.49. The normalized spacial score (nSPS) is 21.4. The summed E-state index contributed by atoms with van der Waals surface area (Å²) in [7, 11) is 3.23. The van der Waals surface area contributed by atoms with Gasteiger partial charge in [-0.25, -0.2) is 0 Å². The molecular formula is C16H23ClN2O4. The first-order chi connectivity index (χ1) is 11.1. The smallest absolute Gasteiger partial charge is 0.234 e. The topological polar surface area (TPSA) is 71.0 Å². The van der Waals surface area contributed by atoms with Crippen molar-refractivity contribution in [1.82, 2.24) is 10.2 Å². The van der Waals surface area contributed by atoms with Gasteiger partial charge in [0.2, 0.25) is 5.91 Å². The largest absolute Gasteiger partial charge is 0.496 e. The fourth-order valence-corrected chi connectivity index (χ4v) is 3.01. The summed E-state index contributed by atoms with van der Waals surface area (Å²) in [5.74, 6) is 0.575. The summed E-state index contributed by atoms with van der Waals surface area (Å²) < 4.78 is 10.6. The molecule has 0 spiro atoms. The molecule has 128 valence electrons. The van der Waals surface area contributed by atoms with Crippen LogP contribution in [0.1, 0.15) is 12.0 Å². The average Bonchev–Trinajstić information content (AvgIpc) is 2.95. The van der Waals surface area contributed by atoms with Crippen LogP contribution in [0.2, 0.25) is 5.02 Å². The van der Waals surface area contributed by atoms with Gasteiger partial charge in [-0.1, -0.05) is 11.6 Å². The van der Waals surface area contributed by atoms with Crippen molar-refractivity contribution in [1.29, 1.82) is 0 Å². The molecule has 2 atom stereocenters. The lowest BCUT2D eigenvalue weighted by Gasteiger charge is -2.21. The average molecular weight is 343 g/mol. The minimum absolute atomic E-state index is 0.0231. The zero-order chi connectivity index (χ0) is 16.8. The third-order valence-corrected chi connectivity index (χ3v) is 4.33. The van der Waals surface area contributed by atoms with Gasteiger partial charge in [-0.2, -0.15) is 0 Å². The molecule has 23 heavy (non-hydrogen) atoms. The van der Waals surface area contributed by atoms with Crippen molar-refractivity contribution in [3.63, 3.8) is 0 Å². The Labute approximate surface area is 141 Å². The molecule has 1 aliphatic heterocycles. The van der Waals surface area contributed by atoms with Gasteiger partial charge in [-0.05, 0) is 24.6 Å². The summed E-state index contributed by atoms with van der Waals surface area (Å²) >= 11 is 5.98. The van der Waals surface area contributed by atoms with Crippen LogP contribution in [-0.4, -0.2) is 62.0 Å². The van der Waals surface area contributed by atoms with E-state index in [-0.39, 0.29) is 31.2 Å². The Hall–Kier alpha value is -1.34. The van der Waals surface area contributed by atoms with Gasteiger partial charge in [-0.3, -0.25) is 9.69 Å². The van der Waals surface area contributed by atoms with Crippen LogP contribution in [-0.2, 0) is 16.1 Å². The molecular weight excluding hydrogens is 320 g/mol. The molecule has 0 bridgehead atoms. The predicted molar refractivity (Wildman–Crippen MR) is 87.7 cm³/mol. The Morgan fingerprint density at radius 1 is 1.48 bits per heavy atom. The van der Waals surface area contributed by atoms with Gasteiger partial charge >= 0.3 is 0 Å². The molecule has 0 saturated carbocycles. The highest BCUT2D eigenvalue weighted by molar-refractivity contribution is 6.30. The molecule has 0 radical (unpaired) electrons. The van der Waals surface area contributed by atoms with E-state index < -0.39 is 0 Å². The van der Waals surface area contributed by atoms with Crippen molar-refractivity contribution in [2.75, 3.05) is 33.9 Å². The zero-order valence-electron chi connectivity index (χ0n) is 13.4. The molecule has 2 N–H and O–H groups in total. The predicted octanol–water partition coefficient (Wildman–Crippen LogP) is 1.05. The van der Waals surface area contributed by atoms with Gasteiger partial charge in [0.1, 0.15) is 5.75 Å². The standard InChI is InChI=1S/C16H23ClN2O4/c1-22-14-6-13(10-20)19(8-14)9-16(21)18-7-11-5-12(17)3-4-15(11)23-2/h3-5,13-14,20H,6-10H2,1-2H3,(H,18,21)/t13-,14-/m0/s1. The number of hydrogen-bond donors (Lipinski definition) is 2. The van der Waals surface area contributed by atoms with E-state index in [1.54, 1.807) is 32.4 Å². The number of rotatable bonds is 7. The molecule has 1 aromatic rings. The maximum atomic E-state index is 12.2. The number of amides is 1. The van der Waals surface area contributed by atoms with E-state index in [9.17, 15) is 9.90 Å². The fourth-order valence-electron chi connectivity index (χ4n) is 2.81. The minimum Gasteiger partial charge on any atom is -0.496 e. The molecule has 6 nitrogen and oxygen atoms in total. The number of aliphatic hydroxyl groups excluding tert-OH is 1. The molecule has 1 fully saturated rings. The molecule has 1 saturated heterocycles. The number of nitrogens with zero attached hydrogens (tertiary/aromatic N) is 1. The third-order valence-electron chi connectivity index (χ3n) is 4.10.